The van der Waals surface area contributed by atoms with Gasteiger partial charge in [-0.2, -0.15) is 0 Å². The fourth-order valence-electron chi connectivity index (χ4n) is 2.39. The molecule has 0 spiro atoms. The summed E-state index contributed by atoms with van der Waals surface area (Å²) in [5, 5.41) is 12.2. The van der Waals surface area contributed by atoms with Crippen LogP contribution in [0.4, 0.5) is 0 Å². The fourth-order valence-corrected chi connectivity index (χ4v) is 2.39. The number of nitrogens with zero attached hydrogens (tertiary/aromatic N) is 1. The number of carbonyl (C=O) groups is 2. The highest BCUT2D eigenvalue weighted by Gasteiger charge is 2.33. The summed E-state index contributed by atoms with van der Waals surface area (Å²) in [4.78, 5) is 25.0. The van der Waals surface area contributed by atoms with E-state index in [0.717, 1.165) is 11.1 Å². The number of rotatable bonds is 5. The Morgan fingerprint density at radius 3 is 2.75 bits per heavy atom. The molecule has 1 atom stereocenters. The third-order valence-corrected chi connectivity index (χ3v) is 3.42. The number of carbonyl (C=O) groups excluding carboxylic acids is 1. The van der Waals surface area contributed by atoms with Crippen LogP contribution in [-0.2, 0) is 22.6 Å². The number of hydrogen-bond acceptors (Lipinski definition) is 3. The fraction of sp³-hybridized carbons (Fsp3) is 0.333. The van der Waals surface area contributed by atoms with Crippen molar-refractivity contribution >= 4 is 11.9 Å². The summed E-state index contributed by atoms with van der Waals surface area (Å²) < 4.78 is 0. The van der Waals surface area contributed by atoms with Crippen molar-refractivity contribution in [2.45, 2.75) is 19.0 Å². The molecule has 0 saturated heterocycles. The van der Waals surface area contributed by atoms with Crippen LogP contribution in [0.3, 0.4) is 0 Å². The van der Waals surface area contributed by atoms with Crippen molar-refractivity contribution < 1.29 is 14.7 Å². The lowest BCUT2D eigenvalue weighted by molar-refractivity contribution is -0.151. The number of amides is 1. The molecule has 106 valence electrons. The summed E-state index contributed by atoms with van der Waals surface area (Å²) in [5.74, 6) is -1.16. The molecule has 1 aliphatic rings. The highest BCUT2D eigenvalue weighted by molar-refractivity contribution is 5.85. The zero-order valence-electron chi connectivity index (χ0n) is 11.2. The highest BCUT2D eigenvalue weighted by atomic mass is 16.4. The van der Waals surface area contributed by atoms with E-state index >= 15 is 0 Å². The molecule has 1 aromatic carbocycles. The van der Waals surface area contributed by atoms with Gasteiger partial charge in [-0.1, -0.05) is 30.3 Å². The maximum atomic E-state index is 12.2. The first kappa shape index (κ1) is 14.3. The first-order valence-electron chi connectivity index (χ1n) is 6.54. The Kier molecular flexibility index (Phi) is 4.53. The van der Waals surface area contributed by atoms with Gasteiger partial charge in [-0.25, -0.2) is 4.79 Å². The zero-order valence-corrected chi connectivity index (χ0v) is 11.2. The summed E-state index contributed by atoms with van der Waals surface area (Å²) >= 11 is 0. The molecule has 0 aromatic heterocycles. The summed E-state index contributed by atoms with van der Waals surface area (Å²) in [5.41, 5.74) is 2.02. The van der Waals surface area contributed by atoms with Gasteiger partial charge in [0.1, 0.15) is 6.04 Å². The molecule has 0 unspecified atom stereocenters. The lowest BCUT2D eigenvalue weighted by atomic mass is 9.94. The Morgan fingerprint density at radius 2 is 2.10 bits per heavy atom. The topological polar surface area (TPSA) is 69.6 Å². The van der Waals surface area contributed by atoms with Gasteiger partial charge in [0.15, 0.2) is 0 Å². The molecule has 5 heteroatoms. The largest absolute Gasteiger partial charge is 0.480 e. The number of carboxylic acids is 1. The van der Waals surface area contributed by atoms with E-state index in [4.69, 9.17) is 0 Å². The molecule has 20 heavy (non-hydrogen) atoms. The van der Waals surface area contributed by atoms with Crippen LogP contribution in [0.2, 0.25) is 0 Å². The Labute approximate surface area is 117 Å². The van der Waals surface area contributed by atoms with Crippen LogP contribution in [0.5, 0.6) is 0 Å². The van der Waals surface area contributed by atoms with Gasteiger partial charge in [0.25, 0.3) is 0 Å². The SMILES string of the molecule is C=CCNCC(=O)N1Cc2ccccc2C[C@@H]1C(=O)O. The molecular weight excluding hydrogens is 256 g/mol. The van der Waals surface area contributed by atoms with Crippen molar-refractivity contribution in [3.8, 4) is 0 Å². The Balaban J connectivity index is 2.15. The van der Waals surface area contributed by atoms with Gasteiger partial charge in [-0.3, -0.25) is 4.79 Å². The number of benzene rings is 1. The standard InChI is InChI=1S/C15H18N2O3/c1-2-7-16-9-14(18)17-10-12-6-4-3-5-11(12)8-13(17)15(19)20/h2-6,13,16H,1,7-10H2,(H,19,20)/t13-/m1/s1. The third-order valence-electron chi connectivity index (χ3n) is 3.42. The van der Waals surface area contributed by atoms with E-state index in [1.54, 1.807) is 6.08 Å². The van der Waals surface area contributed by atoms with Crippen LogP contribution in [0.1, 0.15) is 11.1 Å². The Hall–Kier alpha value is -2.14. The maximum Gasteiger partial charge on any atom is 0.326 e. The molecule has 1 amide bonds. The van der Waals surface area contributed by atoms with Gasteiger partial charge < -0.3 is 15.3 Å². The van der Waals surface area contributed by atoms with Crippen molar-refractivity contribution in [1.29, 1.82) is 0 Å². The summed E-state index contributed by atoms with van der Waals surface area (Å²) in [6.45, 7) is 4.56. The predicted octanol–water partition coefficient (Wildman–Crippen LogP) is 0.800. The van der Waals surface area contributed by atoms with Gasteiger partial charge in [0, 0.05) is 19.5 Å². The van der Waals surface area contributed by atoms with Crippen LogP contribution in [0.25, 0.3) is 0 Å². The molecule has 0 fully saturated rings. The summed E-state index contributed by atoms with van der Waals surface area (Å²) in [6, 6.07) is 6.86. The number of hydrogen-bond donors (Lipinski definition) is 2. The van der Waals surface area contributed by atoms with E-state index in [9.17, 15) is 14.7 Å². The monoisotopic (exact) mass is 274 g/mol. The predicted molar refractivity (Wildman–Crippen MR) is 75.2 cm³/mol. The average Bonchev–Trinajstić information content (AvgIpc) is 2.46. The number of fused-ring (bicyclic) bond motifs is 1. The minimum absolute atomic E-state index is 0.123. The minimum atomic E-state index is -0.962. The Bertz CT molecular complexity index is 528. The van der Waals surface area contributed by atoms with Crippen molar-refractivity contribution in [3.63, 3.8) is 0 Å². The second-order valence-corrected chi connectivity index (χ2v) is 4.77. The molecule has 1 aromatic rings. The first-order chi connectivity index (χ1) is 9.63. The van der Waals surface area contributed by atoms with Gasteiger partial charge in [-0.05, 0) is 11.1 Å². The molecule has 0 bridgehead atoms. The van der Waals surface area contributed by atoms with E-state index in [1.807, 2.05) is 24.3 Å². The van der Waals surface area contributed by atoms with Gasteiger partial charge >= 0.3 is 5.97 Å². The molecule has 0 aliphatic carbocycles. The third kappa shape index (κ3) is 3.05. The second kappa shape index (κ2) is 6.34. The number of aliphatic carboxylic acids is 1. The minimum Gasteiger partial charge on any atom is -0.480 e. The second-order valence-electron chi connectivity index (χ2n) is 4.77. The quantitative estimate of drug-likeness (QED) is 0.615. The molecule has 2 rings (SSSR count). The van der Waals surface area contributed by atoms with Crippen LogP contribution in [0, 0.1) is 0 Å². The first-order valence-corrected chi connectivity index (χ1v) is 6.54. The summed E-state index contributed by atoms with van der Waals surface area (Å²) in [7, 11) is 0. The van der Waals surface area contributed by atoms with E-state index in [2.05, 4.69) is 11.9 Å². The molecule has 5 nitrogen and oxygen atoms in total. The van der Waals surface area contributed by atoms with Crippen molar-refractivity contribution in [2.24, 2.45) is 0 Å². The van der Waals surface area contributed by atoms with Crippen LogP contribution in [0.15, 0.2) is 36.9 Å². The van der Waals surface area contributed by atoms with Crippen molar-refractivity contribution in [3.05, 3.63) is 48.0 Å². The van der Waals surface area contributed by atoms with E-state index in [1.165, 1.54) is 4.90 Å². The molecule has 1 heterocycles. The highest BCUT2D eigenvalue weighted by Crippen LogP contribution is 2.23. The zero-order chi connectivity index (χ0) is 14.5. The van der Waals surface area contributed by atoms with Gasteiger partial charge in [0.05, 0.1) is 6.54 Å². The molecule has 0 saturated carbocycles. The summed E-state index contributed by atoms with van der Waals surface area (Å²) in [6.07, 6.45) is 2.02. The van der Waals surface area contributed by atoms with Crippen molar-refractivity contribution in [2.75, 3.05) is 13.1 Å². The van der Waals surface area contributed by atoms with E-state index in [-0.39, 0.29) is 12.5 Å². The lowest BCUT2D eigenvalue weighted by Gasteiger charge is -2.34. The number of carboxylic acid groups (broad SMARTS) is 1. The van der Waals surface area contributed by atoms with E-state index < -0.39 is 12.0 Å². The molecule has 1 aliphatic heterocycles. The molecule has 2 N–H and O–H groups in total. The average molecular weight is 274 g/mol. The van der Waals surface area contributed by atoms with Crippen LogP contribution in [-0.4, -0.2) is 41.0 Å². The lowest BCUT2D eigenvalue weighted by Crippen LogP contribution is -2.51. The van der Waals surface area contributed by atoms with Gasteiger partial charge in [0.2, 0.25) is 5.91 Å². The molecular formula is C15H18N2O3. The van der Waals surface area contributed by atoms with Crippen LogP contribution < -0.4 is 5.32 Å². The molecule has 0 radical (unpaired) electrons. The van der Waals surface area contributed by atoms with Gasteiger partial charge in [-0.15, -0.1) is 6.58 Å². The van der Waals surface area contributed by atoms with Crippen LogP contribution >= 0.6 is 0 Å². The van der Waals surface area contributed by atoms with E-state index in [0.29, 0.717) is 19.5 Å². The Morgan fingerprint density at radius 1 is 1.40 bits per heavy atom. The number of nitrogens with one attached hydrogen (secondary N) is 1. The maximum absolute atomic E-state index is 12.2. The van der Waals surface area contributed by atoms with Crippen molar-refractivity contribution in [1.82, 2.24) is 10.2 Å². The normalized spacial score (nSPS) is 17.4. The smallest absolute Gasteiger partial charge is 0.326 e.